The van der Waals surface area contributed by atoms with Crippen LogP contribution in [0.5, 0.6) is 0 Å². The second kappa shape index (κ2) is 5.41. The lowest BCUT2D eigenvalue weighted by atomic mass is 10.00. The summed E-state index contributed by atoms with van der Waals surface area (Å²) in [6.07, 6.45) is 0. The van der Waals surface area contributed by atoms with Gasteiger partial charge in [0.15, 0.2) is 5.04 Å². The van der Waals surface area contributed by atoms with Crippen molar-refractivity contribution in [2.24, 2.45) is 5.10 Å². The molecule has 22 heavy (non-hydrogen) atoms. The highest BCUT2D eigenvalue weighted by Crippen LogP contribution is 2.25. The van der Waals surface area contributed by atoms with Gasteiger partial charge >= 0.3 is 6.01 Å². The predicted octanol–water partition coefficient (Wildman–Crippen LogP) is 0.576. The molecule has 0 bridgehead atoms. The van der Waals surface area contributed by atoms with Crippen LogP contribution in [0, 0.1) is 6.92 Å². The number of anilines is 1. The molecule has 3 N–H and O–H groups in total. The summed E-state index contributed by atoms with van der Waals surface area (Å²) in [6, 6.07) is 7.53. The maximum atomic E-state index is 12.5. The standard InChI is InChI=1S/C13H15N5O3S/c1-8-2-4-9(5-3-8)10-6-15-17-12(10)22(19,20)7-11-16-18-13(14)21-11/h2-5,10,15H,6-7H2,1H3,(H2,14,18). The Morgan fingerprint density at radius 2 is 2.05 bits per heavy atom. The van der Waals surface area contributed by atoms with Gasteiger partial charge in [0.05, 0.1) is 5.92 Å². The number of aryl methyl sites for hydroxylation is 1. The molecule has 0 spiro atoms. The number of aromatic nitrogens is 2. The van der Waals surface area contributed by atoms with Crippen molar-refractivity contribution in [3.05, 3.63) is 41.3 Å². The van der Waals surface area contributed by atoms with E-state index in [0.29, 0.717) is 6.54 Å². The SMILES string of the molecule is Cc1ccc(C2CNN=C2S(=O)(=O)Cc2nnc(N)o2)cc1. The first-order chi connectivity index (χ1) is 10.5. The third kappa shape index (κ3) is 2.80. The fourth-order valence-electron chi connectivity index (χ4n) is 2.29. The zero-order chi connectivity index (χ0) is 15.7. The largest absolute Gasteiger partial charge is 0.407 e. The summed E-state index contributed by atoms with van der Waals surface area (Å²) in [4.78, 5) is 0. The molecule has 1 aromatic heterocycles. The summed E-state index contributed by atoms with van der Waals surface area (Å²) in [5, 5.41) is 11.1. The van der Waals surface area contributed by atoms with Crippen molar-refractivity contribution in [3.63, 3.8) is 0 Å². The average Bonchev–Trinajstić information content (AvgIpc) is 3.09. The first-order valence-corrected chi connectivity index (χ1v) is 8.28. The minimum atomic E-state index is -3.67. The Balaban J connectivity index is 1.87. The average molecular weight is 321 g/mol. The summed E-state index contributed by atoms with van der Waals surface area (Å²) in [5.41, 5.74) is 10.1. The van der Waals surface area contributed by atoms with E-state index in [-0.39, 0.29) is 22.9 Å². The van der Waals surface area contributed by atoms with Gasteiger partial charge in [-0.1, -0.05) is 34.9 Å². The molecule has 1 aromatic carbocycles. The Morgan fingerprint density at radius 3 is 2.68 bits per heavy atom. The van der Waals surface area contributed by atoms with Crippen LogP contribution >= 0.6 is 0 Å². The third-order valence-corrected chi connectivity index (χ3v) is 5.02. The molecular weight excluding hydrogens is 306 g/mol. The highest BCUT2D eigenvalue weighted by atomic mass is 32.2. The number of hydrogen-bond acceptors (Lipinski definition) is 8. The van der Waals surface area contributed by atoms with Crippen LogP contribution in [-0.4, -0.2) is 30.2 Å². The van der Waals surface area contributed by atoms with E-state index in [1.165, 1.54) is 0 Å². The minimum Gasteiger partial charge on any atom is -0.407 e. The number of nitrogens with one attached hydrogen (secondary N) is 1. The predicted molar refractivity (Wildman–Crippen MR) is 80.7 cm³/mol. The molecule has 1 unspecified atom stereocenters. The monoisotopic (exact) mass is 321 g/mol. The smallest absolute Gasteiger partial charge is 0.312 e. The number of hydrazone groups is 1. The number of rotatable bonds is 3. The van der Waals surface area contributed by atoms with Crippen molar-refractivity contribution in [1.29, 1.82) is 0 Å². The molecule has 0 radical (unpaired) electrons. The molecule has 0 amide bonds. The fourth-order valence-corrected chi connectivity index (χ4v) is 3.73. The molecule has 8 nitrogen and oxygen atoms in total. The number of nitrogen functional groups attached to an aromatic ring is 1. The van der Waals surface area contributed by atoms with Crippen LogP contribution in [0.4, 0.5) is 6.01 Å². The summed E-state index contributed by atoms with van der Waals surface area (Å²) in [6.45, 7) is 2.41. The topological polar surface area (TPSA) is 123 Å². The quantitative estimate of drug-likeness (QED) is 0.847. The summed E-state index contributed by atoms with van der Waals surface area (Å²) >= 11 is 0. The zero-order valence-corrected chi connectivity index (χ0v) is 12.7. The molecule has 0 saturated carbocycles. The van der Waals surface area contributed by atoms with Gasteiger partial charge in [0.1, 0.15) is 5.75 Å². The van der Waals surface area contributed by atoms with Gasteiger partial charge in [-0.15, -0.1) is 5.10 Å². The van der Waals surface area contributed by atoms with Gasteiger partial charge in [-0.05, 0) is 12.5 Å². The van der Waals surface area contributed by atoms with E-state index >= 15 is 0 Å². The second-order valence-electron chi connectivity index (χ2n) is 5.07. The molecule has 2 aromatic rings. The summed E-state index contributed by atoms with van der Waals surface area (Å²) in [5.74, 6) is -0.791. The second-order valence-corrected chi connectivity index (χ2v) is 7.01. The normalized spacial score (nSPS) is 18.0. The van der Waals surface area contributed by atoms with Crippen molar-refractivity contribution in [1.82, 2.24) is 15.6 Å². The van der Waals surface area contributed by atoms with Crippen LogP contribution in [0.1, 0.15) is 22.9 Å². The number of nitrogens with zero attached hydrogens (tertiary/aromatic N) is 3. The molecule has 9 heteroatoms. The maximum Gasteiger partial charge on any atom is 0.312 e. The number of benzene rings is 1. The number of nitrogens with two attached hydrogens (primary N) is 1. The Bertz CT molecular complexity index is 810. The van der Waals surface area contributed by atoms with Crippen molar-refractivity contribution in [3.8, 4) is 0 Å². The molecule has 2 heterocycles. The van der Waals surface area contributed by atoms with Gasteiger partial charge in [0.25, 0.3) is 0 Å². The van der Waals surface area contributed by atoms with E-state index in [9.17, 15) is 8.42 Å². The van der Waals surface area contributed by atoms with Crippen LogP contribution in [0.2, 0.25) is 0 Å². The first kappa shape index (κ1) is 14.5. The third-order valence-electron chi connectivity index (χ3n) is 3.38. The van der Waals surface area contributed by atoms with Gasteiger partial charge in [-0.3, -0.25) is 0 Å². The van der Waals surface area contributed by atoms with Gasteiger partial charge in [-0.25, -0.2) is 8.42 Å². The van der Waals surface area contributed by atoms with Crippen LogP contribution < -0.4 is 11.2 Å². The Labute approximate surface area is 127 Å². The lowest BCUT2D eigenvalue weighted by molar-refractivity contribution is 0.524. The van der Waals surface area contributed by atoms with E-state index in [1.807, 2.05) is 31.2 Å². The molecule has 0 fully saturated rings. The summed E-state index contributed by atoms with van der Waals surface area (Å²) < 4.78 is 30.0. The van der Waals surface area contributed by atoms with Gasteiger partial charge in [-0.2, -0.15) is 5.10 Å². The fraction of sp³-hybridized carbons (Fsp3) is 0.308. The Kier molecular flexibility index (Phi) is 3.57. The van der Waals surface area contributed by atoms with Crippen molar-refractivity contribution in [2.75, 3.05) is 12.3 Å². The minimum absolute atomic E-state index is 0.0465. The highest BCUT2D eigenvalue weighted by Gasteiger charge is 2.34. The van der Waals surface area contributed by atoms with E-state index in [2.05, 4.69) is 20.7 Å². The Hall–Kier alpha value is -2.42. The molecule has 116 valence electrons. The van der Waals surface area contributed by atoms with E-state index < -0.39 is 15.6 Å². The van der Waals surface area contributed by atoms with E-state index in [1.54, 1.807) is 0 Å². The number of hydrogen-bond donors (Lipinski definition) is 2. The van der Waals surface area contributed by atoms with Crippen molar-refractivity contribution < 1.29 is 12.8 Å². The Morgan fingerprint density at radius 1 is 1.32 bits per heavy atom. The molecule has 1 atom stereocenters. The molecule has 1 aliphatic rings. The summed E-state index contributed by atoms with van der Waals surface area (Å²) in [7, 11) is -3.67. The molecule has 0 saturated heterocycles. The first-order valence-electron chi connectivity index (χ1n) is 6.63. The van der Waals surface area contributed by atoms with Crippen LogP contribution in [0.15, 0.2) is 33.8 Å². The zero-order valence-electron chi connectivity index (χ0n) is 11.9. The van der Waals surface area contributed by atoms with Gasteiger partial charge in [0.2, 0.25) is 15.7 Å². The molecular formula is C13H15N5O3S. The van der Waals surface area contributed by atoms with Crippen molar-refractivity contribution in [2.45, 2.75) is 18.6 Å². The van der Waals surface area contributed by atoms with Crippen LogP contribution in [0.25, 0.3) is 0 Å². The highest BCUT2D eigenvalue weighted by molar-refractivity contribution is 8.05. The number of sulfone groups is 1. The van der Waals surface area contributed by atoms with Crippen LogP contribution in [-0.2, 0) is 15.6 Å². The molecule has 1 aliphatic heterocycles. The van der Waals surface area contributed by atoms with E-state index in [4.69, 9.17) is 10.2 Å². The maximum absolute atomic E-state index is 12.5. The van der Waals surface area contributed by atoms with Crippen molar-refractivity contribution >= 4 is 20.9 Å². The lowest BCUT2D eigenvalue weighted by Crippen LogP contribution is -2.23. The van der Waals surface area contributed by atoms with Crippen LogP contribution in [0.3, 0.4) is 0 Å². The lowest BCUT2D eigenvalue weighted by Gasteiger charge is -2.12. The van der Waals surface area contributed by atoms with Gasteiger partial charge in [0, 0.05) is 6.54 Å². The molecule has 0 aliphatic carbocycles. The van der Waals surface area contributed by atoms with Gasteiger partial charge < -0.3 is 15.6 Å². The molecule has 3 rings (SSSR count). The van der Waals surface area contributed by atoms with E-state index in [0.717, 1.165) is 11.1 Å².